The molecule has 0 radical (unpaired) electrons. The normalized spacial score (nSPS) is 18.1. The van der Waals surface area contributed by atoms with Crippen molar-refractivity contribution in [2.24, 2.45) is 13.0 Å². The Morgan fingerprint density at radius 1 is 1.03 bits per heavy atom. The van der Waals surface area contributed by atoms with E-state index in [1.54, 1.807) is 6.20 Å². The molecule has 5 heterocycles. The number of anilines is 2. The van der Waals surface area contributed by atoms with Gasteiger partial charge in [-0.3, -0.25) is 4.90 Å². The van der Waals surface area contributed by atoms with Crippen LogP contribution in [0.1, 0.15) is 32.5 Å². The topological polar surface area (TPSA) is 118 Å². The summed E-state index contributed by atoms with van der Waals surface area (Å²) in [5.74, 6) is 3.28. The number of aliphatic hydroxyl groups is 1. The summed E-state index contributed by atoms with van der Waals surface area (Å²) in [5.41, 5.74) is 8.11. The van der Waals surface area contributed by atoms with E-state index in [-0.39, 0.29) is 0 Å². The van der Waals surface area contributed by atoms with Crippen molar-refractivity contribution in [3.8, 4) is 11.4 Å². The number of likely N-dealkylation sites (tertiary alicyclic amines) is 1. The molecule has 4 aromatic rings. The molecular weight excluding hydrogens is 480 g/mol. The molecule has 3 N–H and O–H groups in total. The quantitative estimate of drug-likeness (QED) is 0.413. The van der Waals surface area contributed by atoms with Gasteiger partial charge in [0, 0.05) is 37.3 Å². The molecule has 2 aliphatic heterocycles. The SMILES string of the molecule is Cn1c(CN2CCC(C(C)(C)O)CC2)nc2c(N3CCOCC3)nc(-c3cccc4c(N)nccc34)nc21. The van der Waals surface area contributed by atoms with Crippen LogP contribution in [0, 0.1) is 5.92 Å². The monoisotopic (exact) mass is 516 g/mol. The number of fused-ring (bicyclic) bond motifs is 2. The molecule has 200 valence electrons. The highest BCUT2D eigenvalue weighted by atomic mass is 16.5. The van der Waals surface area contributed by atoms with E-state index in [0.29, 0.717) is 30.8 Å². The van der Waals surface area contributed by atoms with Crippen LogP contribution < -0.4 is 10.6 Å². The van der Waals surface area contributed by atoms with Crippen molar-refractivity contribution in [3.63, 3.8) is 0 Å². The van der Waals surface area contributed by atoms with Crippen LogP contribution in [0.2, 0.25) is 0 Å². The van der Waals surface area contributed by atoms with E-state index < -0.39 is 5.60 Å². The van der Waals surface area contributed by atoms with Crippen LogP contribution in [0.25, 0.3) is 33.3 Å². The zero-order valence-corrected chi connectivity index (χ0v) is 22.4. The number of aromatic nitrogens is 5. The van der Waals surface area contributed by atoms with Gasteiger partial charge in [0.1, 0.15) is 11.6 Å². The zero-order valence-electron chi connectivity index (χ0n) is 22.4. The lowest BCUT2D eigenvalue weighted by Gasteiger charge is -2.37. The number of aryl methyl sites for hydroxylation is 1. The third-order valence-electron chi connectivity index (χ3n) is 8.13. The zero-order chi connectivity index (χ0) is 26.4. The fraction of sp³-hybridized carbons (Fsp3) is 0.500. The Bertz CT molecular complexity index is 1460. The lowest BCUT2D eigenvalue weighted by atomic mass is 9.83. The molecule has 3 aromatic heterocycles. The number of hydrogen-bond acceptors (Lipinski definition) is 9. The first-order valence-corrected chi connectivity index (χ1v) is 13.4. The summed E-state index contributed by atoms with van der Waals surface area (Å²) in [5, 5.41) is 12.3. The van der Waals surface area contributed by atoms with E-state index in [0.717, 1.165) is 84.7 Å². The molecule has 10 heteroatoms. The third-order valence-corrected chi connectivity index (χ3v) is 8.13. The van der Waals surface area contributed by atoms with Crippen molar-refractivity contribution in [2.45, 2.75) is 38.8 Å². The molecule has 2 saturated heterocycles. The Morgan fingerprint density at radius 3 is 2.53 bits per heavy atom. The molecule has 2 fully saturated rings. The summed E-state index contributed by atoms with van der Waals surface area (Å²) in [4.78, 5) is 24.2. The molecule has 6 rings (SSSR count). The first-order chi connectivity index (χ1) is 18.3. The summed E-state index contributed by atoms with van der Waals surface area (Å²) in [6, 6.07) is 7.96. The van der Waals surface area contributed by atoms with Gasteiger partial charge in [0.15, 0.2) is 22.8 Å². The summed E-state index contributed by atoms with van der Waals surface area (Å²) < 4.78 is 7.73. The smallest absolute Gasteiger partial charge is 0.166 e. The van der Waals surface area contributed by atoms with E-state index in [4.69, 9.17) is 25.4 Å². The van der Waals surface area contributed by atoms with Crippen LogP contribution >= 0.6 is 0 Å². The number of pyridine rings is 1. The third kappa shape index (κ3) is 4.57. The van der Waals surface area contributed by atoms with Crippen molar-refractivity contribution in [1.82, 2.24) is 29.4 Å². The maximum Gasteiger partial charge on any atom is 0.166 e. The summed E-state index contributed by atoms with van der Waals surface area (Å²) >= 11 is 0. The van der Waals surface area contributed by atoms with Gasteiger partial charge in [0.05, 0.1) is 25.4 Å². The van der Waals surface area contributed by atoms with Gasteiger partial charge in [0.25, 0.3) is 0 Å². The number of hydrogen-bond donors (Lipinski definition) is 2. The Balaban J connectivity index is 1.41. The van der Waals surface area contributed by atoms with Crippen LogP contribution in [0.3, 0.4) is 0 Å². The van der Waals surface area contributed by atoms with Gasteiger partial charge in [-0.25, -0.2) is 19.9 Å². The van der Waals surface area contributed by atoms with Gasteiger partial charge in [-0.2, -0.15) is 0 Å². The van der Waals surface area contributed by atoms with Crippen LogP contribution in [-0.2, 0) is 18.3 Å². The minimum absolute atomic E-state index is 0.325. The predicted molar refractivity (Wildman–Crippen MR) is 149 cm³/mol. The second kappa shape index (κ2) is 9.76. The maximum atomic E-state index is 10.4. The summed E-state index contributed by atoms with van der Waals surface area (Å²) in [6.07, 6.45) is 3.69. The Morgan fingerprint density at radius 2 is 1.79 bits per heavy atom. The molecule has 2 aliphatic rings. The van der Waals surface area contributed by atoms with Crippen LogP contribution in [-0.4, -0.2) is 79.5 Å². The van der Waals surface area contributed by atoms with Crippen molar-refractivity contribution in [3.05, 3.63) is 36.3 Å². The summed E-state index contributed by atoms with van der Waals surface area (Å²) in [7, 11) is 2.04. The van der Waals surface area contributed by atoms with E-state index in [1.807, 2.05) is 45.2 Å². The van der Waals surface area contributed by atoms with Crippen molar-refractivity contribution < 1.29 is 9.84 Å². The fourth-order valence-corrected chi connectivity index (χ4v) is 5.77. The van der Waals surface area contributed by atoms with Crippen molar-refractivity contribution in [1.29, 1.82) is 0 Å². The average molecular weight is 517 g/mol. The number of nitrogens with zero attached hydrogens (tertiary/aromatic N) is 7. The first kappa shape index (κ1) is 25.0. The number of morpholine rings is 1. The lowest BCUT2D eigenvalue weighted by molar-refractivity contribution is -0.0139. The molecule has 0 unspecified atom stereocenters. The highest BCUT2D eigenvalue weighted by Crippen LogP contribution is 2.33. The lowest BCUT2D eigenvalue weighted by Crippen LogP contribution is -2.41. The van der Waals surface area contributed by atoms with Gasteiger partial charge in [-0.05, 0) is 57.1 Å². The van der Waals surface area contributed by atoms with E-state index in [2.05, 4.69) is 19.4 Å². The Kier molecular flexibility index (Phi) is 6.41. The van der Waals surface area contributed by atoms with Crippen LogP contribution in [0.5, 0.6) is 0 Å². The highest BCUT2D eigenvalue weighted by Gasteiger charge is 2.31. The van der Waals surface area contributed by atoms with Gasteiger partial charge in [-0.1, -0.05) is 18.2 Å². The highest BCUT2D eigenvalue weighted by molar-refractivity contribution is 6.01. The number of nitrogen functional groups attached to an aromatic ring is 1. The minimum Gasteiger partial charge on any atom is -0.390 e. The molecular formula is C28H36N8O2. The number of nitrogens with two attached hydrogens (primary N) is 1. The number of rotatable bonds is 5. The maximum absolute atomic E-state index is 10.4. The Hall–Kier alpha value is -3.34. The second-order valence-electron chi connectivity index (χ2n) is 11.0. The molecule has 0 aliphatic carbocycles. The van der Waals surface area contributed by atoms with Gasteiger partial charge in [0.2, 0.25) is 0 Å². The fourth-order valence-electron chi connectivity index (χ4n) is 5.77. The van der Waals surface area contributed by atoms with Gasteiger partial charge >= 0.3 is 0 Å². The molecule has 38 heavy (non-hydrogen) atoms. The van der Waals surface area contributed by atoms with E-state index in [9.17, 15) is 5.11 Å². The predicted octanol–water partition coefficient (Wildman–Crippen LogP) is 2.98. The summed E-state index contributed by atoms with van der Waals surface area (Å²) in [6.45, 7) is 9.29. The first-order valence-electron chi connectivity index (χ1n) is 13.4. The number of imidazole rings is 1. The standard InChI is InChI=1S/C28H36N8O2/c1-28(2,37)18-8-11-35(12-9-18)17-22-31-23-26(34(22)3)32-25(33-27(23)36-13-15-38-16-14-36)21-6-4-5-20-19(21)7-10-30-24(20)29/h4-7,10,18,37H,8-9,11-17H2,1-3H3,(H2,29,30). The molecule has 0 spiro atoms. The van der Waals surface area contributed by atoms with Crippen molar-refractivity contribution in [2.75, 3.05) is 50.0 Å². The Labute approximate surface area is 222 Å². The molecule has 0 bridgehead atoms. The van der Waals surface area contributed by atoms with E-state index >= 15 is 0 Å². The minimum atomic E-state index is -0.634. The van der Waals surface area contributed by atoms with Gasteiger partial charge in [-0.15, -0.1) is 0 Å². The molecule has 0 atom stereocenters. The molecule has 10 nitrogen and oxygen atoms in total. The van der Waals surface area contributed by atoms with Gasteiger partial charge < -0.3 is 25.0 Å². The second-order valence-corrected chi connectivity index (χ2v) is 11.0. The number of ether oxygens (including phenoxy) is 1. The number of benzene rings is 1. The number of piperidine rings is 1. The van der Waals surface area contributed by atoms with Crippen LogP contribution in [0.15, 0.2) is 30.5 Å². The molecule has 0 saturated carbocycles. The molecule has 0 amide bonds. The van der Waals surface area contributed by atoms with Crippen LogP contribution in [0.4, 0.5) is 11.6 Å². The molecule has 1 aromatic carbocycles. The average Bonchev–Trinajstić information content (AvgIpc) is 3.23. The van der Waals surface area contributed by atoms with Crippen molar-refractivity contribution >= 4 is 33.6 Å². The largest absolute Gasteiger partial charge is 0.390 e. The van der Waals surface area contributed by atoms with E-state index in [1.165, 1.54) is 0 Å².